The van der Waals surface area contributed by atoms with Crippen LogP contribution in [-0.2, 0) is 12.8 Å². The Hall–Kier alpha value is -2.99. The number of fused-ring (bicyclic) bond motifs is 2. The van der Waals surface area contributed by atoms with Crippen molar-refractivity contribution >= 4 is 17.3 Å². The van der Waals surface area contributed by atoms with Gasteiger partial charge in [-0.05, 0) is 67.7 Å². The highest BCUT2D eigenvalue weighted by molar-refractivity contribution is 5.64. The third kappa shape index (κ3) is 3.08. The van der Waals surface area contributed by atoms with Gasteiger partial charge in [-0.1, -0.05) is 24.3 Å². The first-order valence-corrected chi connectivity index (χ1v) is 11.8. The van der Waals surface area contributed by atoms with Gasteiger partial charge in [-0.25, -0.2) is 9.97 Å². The molecule has 6 nitrogen and oxygen atoms in total. The Kier molecular flexibility index (Phi) is 4.65. The number of anilines is 3. The van der Waals surface area contributed by atoms with Crippen LogP contribution in [0, 0.1) is 12.3 Å². The fourth-order valence-corrected chi connectivity index (χ4v) is 6.00. The van der Waals surface area contributed by atoms with Crippen LogP contribution < -0.4 is 15.5 Å². The van der Waals surface area contributed by atoms with Crippen molar-refractivity contribution in [2.45, 2.75) is 45.1 Å². The first kappa shape index (κ1) is 19.7. The summed E-state index contributed by atoms with van der Waals surface area (Å²) in [4.78, 5) is 19.1. The molecule has 1 fully saturated rings. The van der Waals surface area contributed by atoms with E-state index in [9.17, 15) is 0 Å². The van der Waals surface area contributed by atoms with Gasteiger partial charge in [-0.15, -0.1) is 0 Å². The Bertz CT molecular complexity index is 1150. The molecule has 3 aromatic rings. The van der Waals surface area contributed by atoms with E-state index in [0.29, 0.717) is 0 Å². The van der Waals surface area contributed by atoms with E-state index in [1.54, 1.807) is 0 Å². The summed E-state index contributed by atoms with van der Waals surface area (Å²) >= 11 is 0. The van der Waals surface area contributed by atoms with Crippen molar-refractivity contribution in [3.63, 3.8) is 0 Å². The number of aromatic nitrogens is 3. The number of rotatable bonds is 2. The number of hydrogen-bond acceptors (Lipinski definition) is 6. The van der Waals surface area contributed by atoms with Crippen LogP contribution in [0.4, 0.5) is 17.3 Å². The van der Waals surface area contributed by atoms with Crippen molar-refractivity contribution in [2.24, 2.45) is 11.1 Å². The van der Waals surface area contributed by atoms with Crippen LogP contribution in [0.15, 0.2) is 48.8 Å². The van der Waals surface area contributed by atoms with Gasteiger partial charge in [0.15, 0.2) is 5.82 Å². The van der Waals surface area contributed by atoms with Gasteiger partial charge < -0.3 is 15.5 Å². The Morgan fingerprint density at radius 1 is 1.03 bits per heavy atom. The molecule has 0 unspecified atom stereocenters. The second kappa shape index (κ2) is 7.55. The lowest BCUT2D eigenvalue weighted by atomic mass is 9.73. The molecular weight excluding hydrogens is 396 g/mol. The molecule has 0 amide bonds. The van der Waals surface area contributed by atoms with Crippen molar-refractivity contribution in [3.8, 4) is 0 Å². The lowest BCUT2D eigenvalue weighted by Crippen LogP contribution is -2.45. The van der Waals surface area contributed by atoms with Gasteiger partial charge in [0.05, 0.1) is 23.3 Å². The minimum Gasteiger partial charge on any atom is -0.355 e. The summed E-state index contributed by atoms with van der Waals surface area (Å²) in [7, 11) is 0. The standard InChI is InChI=1S/C26H30N6/c1-18-25(29-17-23(30-18)32-13-5-8-21-22(32)9-4-12-28-21)31-14-10-26(11-15-31)16-19-6-2-3-7-20(19)24(26)27/h2-4,6-7,9,12,17,24H,5,8,10-11,13-16,27H2,1H3/t24-/m1/s1. The maximum Gasteiger partial charge on any atom is 0.152 e. The molecule has 0 bridgehead atoms. The smallest absolute Gasteiger partial charge is 0.152 e. The molecule has 32 heavy (non-hydrogen) atoms. The van der Waals surface area contributed by atoms with Crippen molar-refractivity contribution in [3.05, 3.63) is 71.3 Å². The molecule has 1 aliphatic carbocycles. The van der Waals surface area contributed by atoms with E-state index in [4.69, 9.17) is 15.7 Å². The van der Waals surface area contributed by atoms with E-state index < -0.39 is 0 Å². The number of nitrogens with two attached hydrogens (primary N) is 1. The highest BCUT2D eigenvalue weighted by atomic mass is 15.3. The number of benzene rings is 1. The second-order valence-electron chi connectivity index (χ2n) is 9.56. The predicted molar refractivity (Wildman–Crippen MR) is 127 cm³/mol. The largest absolute Gasteiger partial charge is 0.355 e. The van der Waals surface area contributed by atoms with Gasteiger partial charge in [-0.2, -0.15) is 0 Å². The maximum absolute atomic E-state index is 6.75. The fourth-order valence-electron chi connectivity index (χ4n) is 6.00. The topological polar surface area (TPSA) is 71.2 Å². The van der Waals surface area contributed by atoms with E-state index in [1.807, 2.05) is 18.5 Å². The highest BCUT2D eigenvalue weighted by Gasteiger charge is 2.46. The molecule has 6 rings (SSSR count). The summed E-state index contributed by atoms with van der Waals surface area (Å²) in [6.45, 7) is 5.00. The number of pyridine rings is 1. The zero-order chi connectivity index (χ0) is 21.7. The van der Waals surface area contributed by atoms with Crippen LogP contribution >= 0.6 is 0 Å². The first-order chi connectivity index (χ1) is 15.6. The molecule has 2 aliphatic heterocycles. The summed E-state index contributed by atoms with van der Waals surface area (Å²) in [6.07, 6.45) is 9.21. The van der Waals surface area contributed by atoms with Crippen LogP contribution in [0.25, 0.3) is 0 Å². The third-order valence-corrected chi connectivity index (χ3v) is 7.79. The molecule has 2 aromatic heterocycles. The number of hydrogen-bond donors (Lipinski definition) is 1. The monoisotopic (exact) mass is 426 g/mol. The Balaban J connectivity index is 1.20. The van der Waals surface area contributed by atoms with Crippen LogP contribution in [0.2, 0.25) is 0 Å². The Morgan fingerprint density at radius 3 is 2.69 bits per heavy atom. The van der Waals surface area contributed by atoms with Gasteiger partial charge in [0.2, 0.25) is 0 Å². The molecule has 6 heteroatoms. The molecule has 4 heterocycles. The minimum atomic E-state index is 0.142. The van der Waals surface area contributed by atoms with Crippen LogP contribution in [0.1, 0.15) is 47.8 Å². The van der Waals surface area contributed by atoms with Gasteiger partial charge in [0.1, 0.15) is 5.82 Å². The lowest BCUT2D eigenvalue weighted by Gasteiger charge is -2.43. The molecular formula is C26H30N6. The van der Waals surface area contributed by atoms with Crippen LogP contribution in [0.3, 0.4) is 0 Å². The van der Waals surface area contributed by atoms with Gasteiger partial charge in [0, 0.05) is 31.9 Å². The van der Waals surface area contributed by atoms with Gasteiger partial charge in [-0.3, -0.25) is 4.98 Å². The molecule has 3 aliphatic rings. The lowest BCUT2D eigenvalue weighted by molar-refractivity contribution is 0.187. The normalized spacial score (nSPS) is 21.5. The van der Waals surface area contributed by atoms with E-state index in [2.05, 4.69) is 52.0 Å². The summed E-state index contributed by atoms with van der Waals surface area (Å²) in [5.41, 5.74) is 13.0. The van der Waals surface area contributed by atoms with E-state index in [1.165, 1.54) is 11.1 Å². The predicted octanol–water partition coefficient (Wildman–Crippen LogP) is 4.11. The average molecular weight is 427 g/mol. The molecule has 1 saturated heterocycles. The second-order valence-corrected chi connectivity index (χ2v) is 9.56. The van der Waals surface area contributed by atoms with Crippen molar-refractivity contribution in [2.75, 3.05) is 29.4 Å². The van der Waals surface area contributed by atoms with E-state index >= 15 is 0 Å². The van der Waals surface area contributed by atoms with Gasteiger partial charge in [0.25, 0.3) is 0 Å². The van der Waals surface area contributed by atoms with Crippen molar-refractivity contribution < 1.29 is 0 Å². The SMILES string of the molecule is Cc1nc(N2CCCc3ncccc32)cnc1N1CCC2(CC1)Cc1ccccc1[C@H]2N. The summed E-state index contributed by atoms with van der Waals surface area (Å²) < 4.78 is 0. The molecule has 1 atom stereocenters. The molecule has 0 saturated carbocycles. The molecule has 164 valence electrons. The summed E-state index contributed by atoms with van der Waals surface area (Å²) in [5.74, 6) is 1.93. The minimum absolute atomic E-state index is 0.142. The van der Waals surface area contributed by atoms with Crippen molar-refractivity contribution in [1.29, 1.82) is 0 Å². The zero-order valence-corrected chi connectivity index (χ0v) is 18.7. The van der Waals surface area contributed by atoms with E-state index in [0.717, 1.165) is 80.4 Å². The van der Waals surface area contributed by atoms with Crippen LogP contribution in [-0.4, -0.2) is 34.6 Å². The quantitative estimate of drug-likeness (QED) is 0.665. The molecule has 1 aromatic carbocycles. The summed E-state index contributed by atoms with van der Waals surface area (Å²) in [5, 5.41) is 0. The molecule has 1 spiro atoms. The molecule has 0 radical (unpaired) electrons. The first-order valence-electron chi connectivity index (χ1n) is 11.8. The van der Waals surface area contributed by atoms with Crippen LogP contribution in [0.5, 0.6) is 0 Å². The zero-order valence-electron chi connectivity index (χ0n) is 18.7. The highest BCUT2D eigenvalue weighted by Crippen LogP contribution is 2.51. The molecule has 2 N–H and O–H groups in total. The van der Waals surface area contributed by atoms with E-state index in [-0.39, 0.29) is 11.5 Å². The number of nitrogens with zero attached hydrogens (tertiary/aromatic N) is 5. The average Bonchev–Trinajstić information content (AvgIpc) is 3.10. The number of piperidine rings is 1. The third-order valence-electron chi connectivity index (χ3n) is 7.79. The summed E-state index contributed by atoms with van der Waals surface area (Å²) in [6, 6.07) is 13.0. The maximum atomic E-state index is 6.75. The Morgan fingerprint density at radius 2 is 1.88 bits per heavy atom. The van der Waals surface area contributed by atoms with Gasteiger partial charge >= 0.3 is 0 Å². The fraction of sp³-hybridized carbons (Fsp3) is 0.423. The van der Waals surface area contributed by atoms with Crippen molar-refractivity contribution in [1.82, 2.24) is 15.0 Å². The Labute approximate surface area is 189 Å². The number of aryl methyl sites for hydroxylation is 2.